The lowest BCUT2D eigenvalue weighted by Gasteiger charge is -2.11. The van der Waals surface area contributed by atoms with Gasteiger partial charge >= 0.3 is 0 Å². The van der Waals surface area contributed by atoms with Crippen molar-refractivity contribution in [1.29, 1.82) is 0 Å². The maximum Gasteiger partial charge on any atom is 0.238 e. The number of carbonyl (C=O) groups is 1. The molecule has 0 spiro atoms. The molecule has 6 nitrogen and oxygen atoms in total. The van der Waals surface area contributed by atoms with Gasteiger partial charge in [0.05, 0.1) is 4.90 Å². The predicted octanol–water partition coefficient (Wildman–Crippen LogP) is 1.66. The van der Waals surface area contributed by atoms with E-state index in [1.165, 1.54) is 13.0 Å². The van der Waals surface area contributed by atoms with Crippen molar-refractivity contribution in [2.24, 2.45) is 5.14 Å². The summed E-state index contributed by atoms with van der Waals surface area (Å²) in [5.74, 6) is -0.292. The molecule has 0 aliphatic heterocycles. The van der Waals surface area contributed by atoms with Gasteiger partial charge in [-0.1, -0.05) is 12.1 Å². The number of benzene rings is 1. The van der Waals surface area contributed by atoms with Crippen LogP contribution in [0.1, 0.15) is 12.6 Å². The van der Waals surface area contributed by atoms with E-state index in [0.717, 1.165) is 5.69 Å². The third-order valence-corrected chi connectivity index (χ3v) is 3.78. The second kappa shape index (κ2) is 5.63. The number of pyridine rings is 1. The van der Waals surface area contributed by atoms with Gasteiger partial charge in [0.25, 0.3) is 0 Å². The van der Waals surface area contributed by atoms with Gasteiger partial charge < -0.3 is 5.32 Å². The Kier molecular flexibility index (Phi) is 4.06. The Labute approximate surface area is 123 Å². The van der Waals surface area contributed by atoms with E-state index in [1.807, 2.05) is 6.92 Å². The lowest BCUT2D eigenvalue weighted by Crippen LogP contribution is -2.14. The lowest BCUT2D eigenvalue weighted by atomic mass is 10.1. The van der Waals surface area contributed by atoms with Crippen LogP contribution in [0.2, 0.25) is 0 Å². The molecule has 0 aliphatic carbocycles. The molecule has 1 aromatic carbocycles. The highest BCUT2D eigenvalue weighted by atomic mass is 32.2. The largest absolute Gasteiger partial charge is 0.326 e. The van der Waals surface area contributed by atoms with Crippen molar-refractivity contribution in [3.63, 3.8) is 0 Å². The minimum Gasteiger partial charge on any atom is -0.326 e. The fourth-order valence-electron chi connectivity index (χ4n) is 1.90. The number of hydrogen-bond donors (Lipinski definition) is 2. The topological polar surface area (TPSA) is 102 Å². The number of aryl methyl sites for hydroxylation is 1. The van der Waals surface area contributed by atoms with Crippen LogP contribution in [0.4, 0.5) is 5.69 Å². The van der Waals surface area contributed by atoms with Crippen LogP contribution in [0.3, 0.4) is 0 Å². The first-order valence-electron chi connectivity index (χ1n) is 6.15. The molecule has 0 atom stereocenters. The molecule has 2 aromatic rings. The number of carbonyl (C=O) groups excluding carboxylic acids is 1. The van der Waals surface area contributed by atoms with E-state index in [2.05, 4.69) is 10.3 Å². The number of primary sulfonamides is 1. The van der Waals surface area contributed by atoms with Crippen molar-refractivity contribution in [3.05, 3.63) is 42.2 Å². The Bertz CT molecular complexity index is 784. The van der Waals surface area contributed by atoms with Crippen molar-refractivity contribution < 1.29 is 13.2 Å². The van der Waals surface area contributed by atoms with E-state index < -0.39 is 10.0 Å². The summed E-state index contributed by atoms with van der Waals surface area (Å²) >= 11 is 0. The third-order valence-electron chi connectivity index (χ3n) is 2.83. The minimum atomic E-state index is -3.93. The molecule has 0 unspecified atom stereocenters. The molecule has 1 heterocycles. The average molecular weight is 305 g/mol. The summed E-state index contributed by atoms with van der Waals surface area (Å²) in [6, 6.07) is 8.10. The summed E-state index contributed by atoms with van der Waals surface area (Å²) in [5, 5.41) is 7.79. The maximum atomic E-state index is 11.8. The van der Waals surface area contributed by atoms with E-state index in [4.69, 9.17) is 5.14 Å². The average Bonchev–Trinajstić information content (AvgIpc) is 2.38. The standard InChI is InChI=1S/C14H15N3O3S/c1-9-3-4-11(8-16-9)13-6-5-12(17-10(2)18)7-14(13)21(15,19)20/h3-8H,1-2H3,(H,17,18)(H2,15,19,20). The van der Waals surface area contributed by atoms with Crippen molar-refractivity contribution in [3.8, 4) is 11.1 Å². The number of hydrogen-bond acceptors (Lipinski definition) is 4. The molecule has 7 heteroatoms. The van der Waals surface area contributed by atoms with Crippen LogP contribution in [0.5, 0.6) is 0 Å². The van der Waals surface area contributed by atoms with Gasteiger partial charge in [-0.15, -0.1) is 0 Å². The molecule has 3 N–H and O–H groups in total. The molecule has 1 amide bonds. The fraction of sp³-hybridized carbons (Fsp3) is 0.143. The Balaban J connectivity index is 2.60. The summed E-state index contributed by atoms with van der Waals surface area (Å²) in [7, 11) is -3.93. The molecule has 0 bridgehead atoms. The fourth-order valence-corrected chi connectivity index (χ4v) is 2.69. The highest BCUT2D eigenvalue weighted by molar-refractivity contribution is 7.89. The zero-order valence-electron chi connectivity index (χ0n) is 11.6. The number of nitrogens with one attached hydrogen (secondary N) is 1. The Morgan fingerprint density at radius 1 is 1.24 bits per heavy atom. The van der Waals surface area contributed by atoms with Crippen LogP contribution in [0.25, 0.3) is 11.1 Å². The van der Waals surface area contributed by atoms with Crippen LogP contribution in [0, 0.1) is 6.92 Å². The first-order valence-corrected chi connectivity index (χ1v) is 7.69. The van der Waals surface area contributed by atoms with Gasteiger partial charge in [-0.2, -0.15) is 0 Å². The molecule has 0 fully saturated rings. The van der Waals surface area contributed by atoms with Gasteiger partial charge in [0.2, 0.25) is 15.9 Å². The van der Waals surface area contributed by atoms with Gasteiger partial charge in [-0.3, -0.25) is 9.78 Å². The first kappa shape index (κ1) is 15.1. The molecule has 0 saturated heterocycles. The second-order valence-electron chi connectivity index (χ2n) is 4.63. The molecule has 21 heavy (non-hydrogen) atoms. The normalized spacial score (nSPS) is 11.2. The molecule has 0 saturated carbocycles. The van der Waals surface area contributed by atoms with E-state index in [0.29, 0.717) is 16.8 Å². The molecule has 0 aliphatic rings. The molecular formula is C14H15N3O3S. The summed E-state index contributed by atoms with van der Waals surface area (Å²) in [5.41, 5.74) is 2.28. The number of anilines is 1. The SMILES string of the molecule is CC(=O)Nc1ccc(-c2ccc(C)nc2)c(S(N)(=O)=O)c1. The number of amides is 1. The van der Waals surface area contributed by atoms with Crippen LogP contribution in [-0.2, 0) is 14.8 Å². The second-order valence-corrected chi connectivity index (χ2v) is 6.16. The van der Waals surface area contributed by atoms with E-state index >= 15 is 0 Å². The third kappa shape index (κ3) is 3.65. The molecule has 2 rings (SSSR count). The molecule has 0 radical (unpaired) electrons. The number of rotatable bonds is 3. The number of nitrogens with two attached hydrogens (primary N) is 1. The van der Waals surface area contributed by atoms with Crippen LogP contribution >= 0.6 is 0 Å². The van der Waals surface area contributed by atoms with Gasteiger partial charge in [-0.05, 0) is 25.1 Å². The van der Waals surface area contributed by atoms with E-state index in [1.54, 1.807) is 30.5 Å². The van der Waals surface area contributed by atoms with Crippen molar-refractivity contribution in [2.75, 3.05) is 5.32 Å². The van der Waals surface area contributed by atoms with Crippen molar-refractivity contribution >= 4 is 21.6 Å². The van der Waals surface area contributed by atoms with Gasteiger partial charge in [0.1, 0.15) is 0 Å². The molecule has 1 aromatic heterocycles. The Morgan fingerprint density at radius 2 is 1.95 bits per heavy atom. The monoisotopic (exact) mass is 305 g/mol. The quantitative estimate of drug-likeness (QED) is 0.900. The van der Waals surface area contributed by atoms with Gasteiger partial charge in [-0.25, -0.2) is 13.6 Å². The zero-order valence-corrected chi connectivity index (χ0v) is 12.4. The zero-order chi connectivity index (χ0) is 15.6. The molecular weight excluding hydrogens is 290 g/mol. The van der Waals surface area contributed by atoms with Crippen LogP contribution < -0.4 is 10.5 Å². The summed E-state index contributed by atoms with van der Waals surface area (Å²) in [4.78, 5) is 15.2. The highest BCUT2D eigenvalue weighted by Crippen LogP contribution is 2.29. The van der Waals surface area contributed by atoms with Gasteiger partial charge in [0.15, 0.2) is 0 Å². The van der Waals surface area contributed by atoms with E-state index in [-0.39, 0.29) is 10.8 Å². The van der Waals surface area contributed by atoms with Gasteiger partial charge in [0, 0.05) is 35.6 Å². The maximum absolute atomic E-state index is 11.8. The number of nitrogens with zero attached hydrogens (tertiary/aromatic N) is 1. The van der Waals surface area contributed by atoms with Crippen LogP contribution in [0.15, 0.2) is 41.4 Å². The minimum absolute atomic E-state index is 0.0561. The lowest BCUT2D eigenvalue weighted by molar-refractivity contribution is -0.114. The molecule has 110 valence electrons. The number of aromatic nitrogens is 1. The summed E-state index contributed by atoms with van der Waals surface area (Å²) in [6.07, 6.45) is 1.58. The summed E-state index contributed by atoms with van der Waals surface area (Å²) < 4.78 is 23.6. The highest BCUT2D eigenvalue weighted by Gasteiger charge is 2.16. The first-order chi connectivity index (χ1) is 9.77. The van der Waals surface area contributed by atoms with Crippen LogP contribution in [-0.4, -0.2) is 19.3 Å². The van der Waals surface area contributed by atoms with Crippen molar-refractivity contribution in [1.82, 2.24) is 4.98 Å². The smallest absolute Gasteiger partial charge is 0.238 e. The Morgan fingerprint density at radius 3 is 2.48 bits per heavy atom. The Hall–Kier alpha value is -2.25. The summed E-state index contributed by atoms with van der Waals surface area (Å²) in [6.45, 7) is 3.18. The van der Waals surface area contributed by atoms with E-state index in [9.17, 15) is 13.2 Å². The predicted molar refractivity (Wildman–Crippen MR) is 80.1 cm³/mol. The number of sulfonamides is 1. The van der Waals surface area contributed by atoms with Crippen molar-refractivity contribution in [2.45, 2.75) is 18.7 Å².